The average Bonchev–Trinajstić information content (AvgIpc) is 2.67. The van der Waals surface area contributed by atoms with Crippen molar-refractivity contribution in [3.63, 3.8) is 0 Å². The van der Waals surface area contributed by atoms with Gasteiger partial charge in [-0.1, -0.05) is 12.1 Å². The molecule has 0 amide bonds. The van der Waals surface area contributed by atoms with Gasteiger partial charge in [-0.3, -0.25) is 9.78 Å². The molecule has 1 aliphatic rings. The van der Waals surface area contributed by atoms with Gasteiger partial charge in [0.2, 0.25) is 0 Å². The predicted octanol–water partition coefficient (Wildman–Crippen LogP) is 2.08. The smallest absolute Gasteiger partial charge is 0.290 e. The number of H-pyrrole nitrogens is 1. The Morgan fingerprint density at radius 3 is 3.12 bits per heavy atom. The van der Waals surface area contributed by atoms with E-state index in [1.54, 1.807) is 12.4 Å². The highest BCUT2D eigenvalue weighted by Gasteiger charge is 2.22. The number of aromatic amines is 1. The van der Waals surface area contributed by atoms with Crippen LogP contribution in [0.15, 0.2) is 53.7 Å². The van der Waals surface area contributed by atoms with Gasteiger partial charge in [-0.25, -0.2) is 4.98 Å². The Labute approximate surface area is 145 Å². The molecule has 0 unspecified atom stereocenters. The van der Waals surface area contributed by atoms with E-state index >= 15 is 0 Å². The van der Waals surface area contributed by atoms with E-state index in [-0.39, 0.29) is 5.56 Å². The number of nitrogens with zero attached hydrogens (tertiary/aromatic N) is 3. The Bertz CT molecular complexity index is 923. The van der Waals surface area contributed by atoms with Crippen molar-refractivity contribution in [3.05, 3.63) is 64.8 Å². The maximum absolute atomic E-state index is 11.9. The van der Waals surface area contributed by atoms with Gasteiger partial charge in [-0.2, -0.15) is 0 Å². The molecule has 1 aromatic carbocycles. The molecule has 2 N–H and O–H groups in total. The maximum Gasteiger partial charge on any atom is 0.290 e. The fourth-order valence-electron chi connectivity index (χ4n) is 3.40. The normalized spacial score (nSPS) is 17.8. The van der Waals surface area contributed by atoms with Crippen LogP contribution in [0.25, 0.3) is 10.9 Å². The van der Waals surface area contributed by atoms with E-state index in [1.807, 2.05) is 12.3 Å². The maximum atomic E-state index is 11.9. The fraction of sp³-hybridized carbons (Fsp3) is 0.316. The highest BCUT2D eigenvalue weighted by atomic mass is 16.1. The molecule has 6 heteroatoms. The number of rotatable bonds is 4. The summed E-state index contributed by atoms with van der Waals surface area (Å²) in [5, 5.41) is 4.78. The molecule has 128 valence electrons. The van der Waals surface area contributed by atoms with E-state index in [9.17, 15) is 4.79 Å². The molecule has 0 bridgehead atoms. The van der Waals surface area contributed by atoms with E-state index in [4.69, 9.17) is 0 Å². The topological polar surface area (TPSA) is 73.9 Å². The van der Waals surface area contributed by atoms with Crippen LogP contribution < -0.4 is 15.8 Å². The number of nitrogens with one attached hydrogen (secondary N) is 2. The molecule has 0 saturated carbocycles. The Hall–Kier alpha value is -2.73. The zero-order chi connectivity index (χ0) is 17.1. The molecule has 1 fully saturated rings. The first kappa shape index (κ1) is 15.8. The van der Waals surface area contributed by atoms with Gasteiger partial charge in [0.25, 0.3) is 5.56 Å². The number of aromatic nitrogens is 3. The van der Waals surface area contributed by atoms with Gasteiger partial charge in [0.05, 0.1) is 5.52 Å². The first-order chi connectivity index (χ1) is 12.3. The highest BCUT2D eigenvalue weighted by Crippen LogP contribution is 2.16. The van der Waals surface area contributed by atoms with Gasteiger partial charge in [-0.05, 0) is 36.6 Å². The molecule has 6 nitrogen and oxygen atoms in total. The first-order valence-corrected chi connectivity index (χ1v) is 8.65. The molecule has 3 heterocycles. The zero-order valence-electron chi connectivity index (χ0n) is 14.0. The molecule has 3 aromatic rings. The van der Waals surface area contributed by atoms with Crippen LogP contribution in [0.2, 0.25) is 0 Å². The predicted molar refractivity (Wildman–Crippen MR) is 98.7 cm³/mol. The number of piperidine rings is 1. The van der Waals surface area contributed by atoms with Gasteiger partial charge >= 0.3 is 0 Å². The third-order valence-electron chi connectivity index (χ3n) is 4.67. The minimum atomic E-state index is -0.120. The van der Waals surface area contributed by atoms with Crippen LogP contribution in [0.5, 0.6) is 0 Å². The minimum Gasteiger partial charge on any atom is -0.350 e. The summed E-state index contributed by atoms with van der Waals surface area (Å²) in [5.74, 6) is 0.519. The van der Waals surface area contributed by atoms with Gasteiger partial charge in [-0.15, -0.1) is 0 Å². The van der Waals surface area contributed by atoms with Crippen molar-refractivity contribution in [1.29, 1.82) is 0 Å². The lowest BCUT2D eigenvalue weighted by Crippen LogP contribution is -2.47. The molecule has 2 aromatic heterocycles. The number of benzene rings is 1. The van der Waals surface area contributed by atoms with E-state index in [1.165, 1.54) is 5.56 Å². The summed E-state index contributed by atoms with van der Waals surface area (Å²) in [6, 6.07) is 10.8. The zero-order valence-corrected chi connectivity index (χ0v) is 14.0. The third-order valence-corrected chi connectivity index (χ3v) is 4.67. The van der Waals surface area contributed by atoms with Crippen molar-refractivity contribution in [1.82, 2.24) is 20.3 Å². The minimum absolute atomic E-state index is 0.120. The van der Waals surface area contributed by atoms with Crippen LogP contribution in [0.1, 0.15) is 18.4 Å². The average molecular weight is 335 g/mol. The molecule has 1 saturated heterocycles. The van der Waals surface area contributed by atoms with Crippen molar-refractivity contribution in [3.8, 4) is 0 Å². The van der Waals surface area contributed by atoms with Gasteiger partial charge < -0.3 is 15.2 Å². The Morgan fingerprint density at radius 2 is 2.20 bits per heavy atom. The molecule has 25 heavy (non-hydrogen) atoms. The van der Waals surface area contributed by atoms with Gasteiger partial charge in [0.15, 0.2) is 5.82 Å². The van der Waals surface area contributed by atoms with Gasteiger partial charge in [0.1, 0.15) is 0 Å². The fourth-order valence-corrected chi connectivity index (χ4v) is 3.40. The summed E-state index contributed by atoms with van der Waals surface area (Å²) in [6.45, 7) is 2.48. The Balaban J connectivity index is 1.42. The quantitative estimate of drug-likeness (QED) is 0.764. The lowest BCUT2D eigenvalue weighted by Gasteiger charge is -2.33. The van der Waals surface area contributed by atoms with Crippen LogP contribution in [-0.4, -0.2) is 34.1 Å². The van der Waals surface area contributed by atoms with Crippen LogP contribution in [-0.2, 0) is 6.54 Å². The number of hydrogen-bond donors (Lipinski definition) is 2. The van der Waals surface area contributed by atoms with E-state index in [0.717, 1.165) is 43.4 Å². The van der Waals surface area contributed by atoms with Crippen LogP contribution in [0.3, 0.4) is 0 Å². The van der Waals surface area contributed by atoms with Crippen LogP contribution in [0, 0.1) is 0 Å². The van der Waals surface area contributed by atoms with E-state index < -0.39 is 0 Å². The molecule has 4 rings (SSSR count). The summed E-state index contributed by atoms with van der Waals surface area (Å²) < 4.78 is 0. The molecular formula is C19H21N5O. The summed E-state index contributed by atoms with van der Waals surface area (Å²) >= 11 is 0. The first-order valence-electron chi connectivity index (χ1n) is 8.65. The number of anilines is 1. The largest absolute Gasteiger partial charge is 0.350 e. The second kappa shape index (κ2) is 7.03. The van der Waals surface area contributed by atoms with Crippen LogP contribution >= 0.6 is 0 Å². The number of fused-ring (bicyclic) bond motifs is 1. The van der Waals surface area contributed by atoms with Crippen molar-refractivity contribution < 1.29 is 0 Å². The monoisotopic (exact) mass is 335 g/mol. The Kier molecular flexibility index (Phi) is 4.43. The van der Waals surface area contributed by atoms with Crippen molar-refractivity contribution in [2.45, 2.75) is 25.4 Å². The molecule has 0 radical (unpaired) electrons. The van der Waals surface area contributed by atoms with Gasteiger partial charge in [0, 0.05) is 49.7 Å². The standard InChI is InChI=1S/C19H21N5O/c25-19-18(21-8-9-22-19)24-10-2-4-16(13-24)23-12-14-5-6-17-15(11-14)3-1-7-20-17/h1,3,5-9,11,16,23H,2,4,10,12-13H2,(H,22,25)/t16-/m1/s1. The summed E-state index contributed by atoms with van der Waals surface area (Å²) in [7, 11) is 0. The summed E-state index contributed by atoms with van der Waals surface area (Å²) in [5.41, 5.74) is 2.14. The number of pyridine rings is 1. The second-order valence-corrected chi connectivity index (χ2v) is 6.44. The molecule has 0 aliphatic carbocycles. The lowest BCUT2D eigenvalue weighted by molar-refractivity contribution is 0.419. The molecule has 1 atom stereocenters. The SMILES string of the molecule is O=c1[nH]ccnc1N1CCC[C@@H](NCc2ccc3ncccc3c2)C1. The van der Waals surface area contributed by atoms with Crippen molar-refractivity contribution >= 4 is 16.7 Å². The van der Waals surface area contributed by atoms with Crippen molar-refractivity contribution in [2.75, 3.05) is 18.0 Å². The number of hydrogen-bond acceptors (Lipinski definition) is 5. The van der Waals surface area contributed by atoms with E-state index in [0.29, 0.717) is 11.9 Å². The molecule has 1 aliphatic heterocycles. The second-order valence-electron chi connectivity index (χ2n) is 6.44. The third kappa shape index (κ3) is 3.53. The molecule has 0 spiro atoms. The lowest BCUT2D eigenvalue weighted by atomic mass is 10.0. The van der Waals surface area contributed by atoms with E-state index in [2.05, 4.69) is 49.4 Å². The van der Waals surface area contributed by atoms with Crippen LogP contribution in [0.4, 0.5) is 5.82 Å². The highest BCUT2D eigenvalue weighted by molar-refractivity contribution is 5.78. The summed E-state index contributed by atoms with van der Waals surface area (Å²) in [4.78, 5) is 25.3. The Morgan fingerprint density at radius 1 is 1.24 bits per heavy atom. The van der Waals surface area contributed by atoms with Crippen molar-refractivity contribution in [2.24, 2.45) is 0 Å². The molecular weight excluding hydrogens is 314 g/mol. The summed E-state index contributed by atoms with van der Waals surface area (Å²) in [6.07, 6.45) is 7.18.